The van der Waals surface area contributed by atoms with Crippen LogP contribution in [0.3, 0.4) is 0 Å². The molecular formula is C31H35ClN4O3. The highest BCUT2D eigenvalue weighted by Crippen LogP contribution is 2.41. The third-order valence-corrected chi connectivity index (χ3v) is 7.82. The number of piperazine rings is 1. The first-order valence-corrected chi connectivity index (χ1v) is 13.9. The molecule has 0 aliphatic carbocycles. The fraction of sp³-hybridized carbons (Fsp3) is 0.355. The van der Waals surface area contributed by atoms with Crippen LogP contribution in [0.1, 0.15) is 46.2 Å². The molecular weight excluding hydrogens is 512 g/mol. The van der Waals surface area contributed by atoms with Crippen molar-refractivity contribution in [3.05, 3.63) is 75.6 Å². The quantitative estimate of drug-likeness (QED) is 0.288. The van der Waals surface area contributed by atoms with E-state index in [4.69, 9.17) is 16.3 Å². The van der Waals surface area contributed by atoms with Crippen LogP contribution >= 0.6 is 11.6 Å². The number of esters is 1. The van der Waals surface area contributed by atoms with Crippen molar-refractivity contribution < 1.29 is 14.3 Å². The number of hydrogen-bond acceptors (Lipinski definition) is 5. The van der Waals surface area contributed by atoms with Crippen LogP contribution in [-0.4, -0.2) is 73.0 Å². The van der Waals surface area contributed by atoms with Gasteiger partial charge in [0.1, 0.15) is 0 Å². The number of anilines is 1. The van der Waals surface area contributed by atoms with Crippen LogP contribution < -0.4 is 5.32 Å². The number of aromatic amines is 1. The average molecular weight is 547 g/mol. The summed E-state index contributed by atoms with van der Waals surface area (Å²) < 4.78 is 5.42. The Labute approximate surface area is 234 Å². The predicted molar refractivity (Wildman–Crippen MR) is 157 cm³/mol. The molecule has 3 heterocycles. The Morgan fingerprint density at radius 1 is 1.10 bits per heavy atom. The molecule has 2 aromatic carbocycles. The Hall–Kier alpha value is -3.39. The summed E-state index contributed by atoms with van der Waals surface area (Å²) in [6.45, 7) is 9.21. The van der Waals surface area contributed by atoms with Gasteiger partial charge in [0.2, 0.25) is 0 Å². The highest BCUT2D eigenvalue weighted by Gasteiger charge is 2.29. The summed E-state index contributed by atoms with van der Waals surface area (Å²) in [6, 6.07) is 13.5. The maximum atomic E-state index is 13.2. The number of H-pyrrole nitrogens is 1. The van der Waals surface area contributed by atoms with Crippen molar-refractivity contribution in [3.8, 4) is 11.1 Å². The molecule has 1 saturated heterocycles. The van der Waals surface area contributed by atoms with E-state index in [9.17, 15) is 9.59 Å². The summed E-state index contributed by atoms with van der Waals surface area (Å²) >= 11 is 6.13. The number of amides is 1. The van der Waals surface area contributed by atoms with Gasteiger partial charge in [0, 0.05) is 53.8 Å². The highest BCUT2D eigenvalue weighted by atomic mass is 35.5. The van der Waals surface area contributed by atoms with Crippen molar-refractivity contribution in [1.82, 2.24) is 14.8 Å². The number of ether oxygens (including phenoxy) is 1. The van der Waals surface area contributed by atoms with E-state index in [-0.39, 0.29) is 11.9 Å². The molecule has 2 N–H and O–H groups in total. The maximum absolute atomic E-state index is 13.2. The summed E-state index contributed by atoms with van der Waals surface area (Å²) in [6.07, 6.45) is 3.50. The molecule has 0 unspecified atom stereocenters. The number of likely N-dealkylation sites (N-methyl/N-ethyl adjacent to an activating group) is 1. The van der Waals surface area contributed by atoms with Crippen LogP contribution in [0.15, 0.2) is 42.5 Å². The number of nitrogens with zero attached hydrogens (tertiary/aromatic N) is 2. The van der Waals surface area contributed by atoms with E-state index in [0.717, 1.165) is 78.5 Å². The number of halogens is 1. The van der Waals surface area contributed by atoms with Crippen molar-refractivity contribution in [3.63, 3.8) is 0 Å². The van der Waals surface area contributed by atoms with Crippen molar-refractivity contribution in [1.29, 1.82) is 0 Å². The lowest BCUT2D eigenvalue weighted by Crippen LogP contribution is -2.44. The number of fused-ring (bicyclic) bond motifs is 1. The lowest BCUT2D eigenvalue weighted by atomic mass is 9.93. The molecule has 2 aliphatic rings. The zero-order valence-electron chi connectivity index (χ0n) is 22.8. The number of rotatable bonds is 8. The smallest absolute Gasteiger partial charge is 0.340 e. The number of hydrogen-bond donors (Lipinski definition) is 2. The molecule has 0 atom stereocenters. The fourth-order valence-electron chi connectivity index (χ4n) is 5.52. The minimum absolute atomic E-state index is 0.167. The molecule has 0 spiro atoms. The van der Waals surface area contributed by atoms with E-state index in [1.165, 1.54) is 0 Å². The first-order chi connectivity index (χ1) is 18.9. The standard InChI is InChI=1S/C31H35ClN4O3/c1-4-39-31(38)28-20(2)33-27(24(28)8-6-14-36-17-15-35(3)16-18-36)19-25-29-23(21-10-12-22(32)13-11-21)7-5-9-26(29)34-30(25)37/h5,7,9-13,19,33H,4,6,8,14-18H2,1-3H3,(H,34,37)/b25-19-. The Balaban J connectivity index is 1.51. The minimum atomic E-state index is -0.330. The molecule has 1 fully saturated rings. The monoisotopic (exact) mass is 546 g/mol. The van der Waals surface area contributed by atoms with Crippen molar-refractivity contribution in [2.45, 2.75) is 26.7 Å². The number of benzene rings is 2. The number of nitrogens with one attached hydrogen (secondary N) is 2. The van der Waals surface area contributed by atoms with E-state index < -0.39 is 0 Å². The molecule has 8 heteroatoms. The summed E-state index contributed by atoms with van der Waals surface area (Å²) in [5.74, 6) is -0.497. The second-order valence-electron chi connectivity index (χ2n) is 10.2. The van der Waals surface area contributed by atoms with Crippen LogP contribution in [0.25, 0.3) is 22.8 Å². The van der Waals surface area contributed by atoms with Crippen LogP contribution in [0, 0.1) is 6.92 Å². The summed E-state index contributed by atoms with van der Waals surface area (Å²) in [7, 11) is 2.15. The number of carbonyl (C=O) groups excluding carboxylic acids is 2. The van der Waals surface area contributed by atoms with Crippen molar-refractivity contribution in [2.75, 3.05) is 51.7 Å². The van der Waals surface area contributed by atoms with Crippen molar-refractivity contribution >= 4 is 40.8 Å². The molecule has 0 radical (unpaired) electrons. The van der Waals surface area contributed by atoms with Crippen LogP contribution in [0.4, 0.5) is 5.69 Å². The third kappa shape index (κ3) is 5.81. The van der Waals surface area contributed by atoms with E-state index in [1.54, 1.807) is 0 Å². The lowest BCUT2D eigenvalue weighted by Gasteiger charge is -2.32. The second kappa shape index (κ2) is 11.8. The summed E-state index contributed by atoms with van der Waals surface area (Å²) in [5, 5.41) is 3.67. The minimum Gasteiger partial charge on any atom is -0.462 e. The zero-order valence-corrected chi connectivity index (χ0v) is 23.5. The molecule has 2 aliphatic heterocycles. The molecule has 0 saturated carbocycles. The Morgan fingerprint density at radius 3 is 2.56 bits per heavy atom. The number of aromatic nitrogens is 1. The van der Waals surface area contributed by atoms with Gasteiger partial charge < -0.3 is 24.8 Å². The maximum Gasteiger partial charge on any atom is 0.340 e. The zero-order chi connectivity index (χ0) is 27.5. The second-order valence-corrected chi connectivity index (χ2v) is 10.7. The fourth-order valence-corrected chi connectivity index (χ4v) is 5.64. The SMILES string of the molecule is CCOC(=O)c1c(C)[nH]c(/C=C2\C(=O)Nc3cccc(-c4ccc(Cl)cc4)c32)c1CCCN1CCN(C)CC1. The Kier molecular flexibility index (Phi) is 8.21. The largest absolute Gasteiger partial charge is 0.462 e. The molecule has 0 bridgehead atoms. The van der Waals surface area contributed by atoms with E-state index >= 15 is 0 Å². The van der Waals surface area contributed by atoms with Gasteiger partial charge in [-0.2, -0.15) is 0 Å². The van der Waals surface area contributed by atoms with Gasteiger partial charge in [0.15, 0.2) is 0 Å². The third-order valence-electron chi connectivity index (χ3n) is 7.57. The first kappa shape index (κ1) is 27.2. The van der Waals surface area contributed by atoms with Crippen LogP contribution in [0.2, 0.25) is 5.02 Å². The van der Waals surface area contributed by atoms with Gasteiger partial charge in [-0.1, -0.05) is 35.9 Å². The molecule has 7 nitrogen and oxygen atoms in total. The van der Waals surface area contributed by atoms with E-state index in [2.05, 4.69) is 27.1 Å². The number of carbonyl (C=O) groups is 2. The van der Waals surface area contributed by atoms with Gasteiger partial charge in [0.25, 0.3) is 5.91 Å². The van der Waals surface area contributed by atoms with Crippen LogP contribution in [0.5, 0.6) is 0 Å². The van der Waals surface area contributed by atoms with Gasteiger partial charge >= 0.3 is 5.97 Å². The molecule has 1 aromatic heterocycles. The summed E-state index contributed by atoms with van der Waals surface area (Å²) in [4.78, 5) is 34.5. The summed E-state index contributed by atoms with van der Waals surface area (Å²) in [5.41, 5.74) is 7.09. The lowest BCUT2D eigenvalue weighted by molar-refractivity contribution is -0.110. The van der Waals surface area contributed by atoms with E-state index in [1.807, 2.05) is 62.4 Å². The molecule has 3 aromatic rings. The molecule has 39 heavy (non-hydrogen) atoms. The van der Waals surface area contributed by atoms with Gasteiger partial charge in [-0.05, 0) is 81.2 Å². The Morgan fingerprint density at radius 2 is 1.85 bits per heavy atom. The first-order valence-electron chi connectivity index (χ1n) is 13.6. The normalized spacial score (nSPS) is 16.9. The van der Waals surface area contributed by atoms with E-state index in [0.29, 0.717) is 29.2 Å². The highest BCUT2D eigenvalue weighted by molar-refractivity contribution is 6.36. The number of aryl methyl sites for hydroxylation is 1. The van der Waals surface area contributed by atoms with Gasteiger partial charge in [-0.3, -0.25) is 4.79 Å². The van der Waals surface area contributed by atoms with Crippen LogP contribution in [-0.2, 0) is 16.0 Å². The molecule has 5 rings (SSSR count). The van der Waals surface area contributed by atoms with Gasteiger partial charge in [-0.25, -0.2) is 4.79 Å². The predicted octanol–water partition coefficient (Wildman–Crippen LogP) is 5.49. The average Bonchev–Trinajstić information content (AvgIpc) is 3.41. The topological polar surface area (TPSA) is 77.7 Å². The van der Waals surface area contributed by atoms with Gasteiger partial charge in [0.05, 0.1) is 17.7 Å². The Bertz CT molecular complexity index is 1400. The molecule has 1 amide bonds. The molecule has 204 valence electrons. The van der Waals surface area contributed by atoms with Gasteiger partial charge in [-0.15, -0.1) is 0 Å². The van der Waals surface area contributed by atoms with Crippen molar-refractivity contribution in [2.24, 2.45) is 0 Å².